The van der Waals surface area contributed by atoms with Gasteiger partial charge in [0.25, 0.3) is 5.91 Å². The van der Waals surface area contributed by atoms with Crippen molar-refractivity contribution in [3.8, 4) is 0 Å². The molecule has 0 bridgehead atoms. The Kier molecular flexibility index (Phi) is 6.65. The van der Waals surface area contributed by atoms with Crippen molar-refractivity contribution in [2.75, 3.05) is 25.6 Å². The molecule has 0 saturated carbocycles. The van der Waals surface area contributed by atoms with Gasteiger partial charge in [0.05, 0.1) is 35.5 Å². The molecule has 0 spiro atoms. The van der Waals surface area contributed by atoms with Crippen molar-refractivity contribution in [1.82, 2.24) is 20.1 Å². The van der Waals surface area contributed by atoms with Gasteiger partial charge >= 0.3 is 5.97 Å². The fourth-order valence-corrected chi connectivity index (χ4v) is 3.89. The molecule has 1 amide bonds. The smallest absolute Gasteiger partial charge is 0.338 e. The van der Waals surface area contributed by atoms with E-state index in [2.05, 4.69) is 20.7 Å². The second-order valence-electron chi connectivity index (χ2n) is 7.61. The average molecular weight is 438 g/mol. The zero-order valence-electron chi connectivity index (χ0n) is 18.3. The number of aromatic nitrogens is 3. The van der Waals surface area contributed by atoms with Gasteiger partial charge in [-0.25, -0.2) is 14.5 Å². The maximum absolute atomic E-state index is 13.2. The molecule has 9 nitrogen and oxygen atoms in total. The number of ether oxygens (including phenoxy) is 2. The van der Waals surface area contributed by atoms with Crippen LogP contribution in [0, 0.1) is 0 Å². The van der Waals surface area contributed by atoms with Crippen LogP contribution < -0.4 is 10.6 Å². The lowest BCUT2D eigenvalue weighted by molar-refractivity contribution is 0.0598. The standard InChI is InChI=1S/C23H27N5O4/c1-3-28-21-18(14-26-28)20(27-16-8-10-32-11-9-16)19(13-24-21)22(29)25-12-15-6-4-5-7-17(15)23(30)31-2/h4-7,13-14,16H,3,8-12H2,1-2H3,(H,24,27)(H,25,29). The van der Waals surface area contributed by atoms with Crippen LogP contribution in [0.15, 0.2) is 36.7 Å². The van der Waals surface area contributed by atoms with Crippen molar-refractivity contribution >= 4 is 28.6 Å². The predicted molar refractivity (Wildman–Crippen MR) is 120 cm³/mol. The molecule has 9 heteroatoms. The van der Waals surface area contributed by atoms with Crippen LogP contribution in [-0.2, 0) is 22.6 Å². The zero-order valence-corrected chi connectivity index (χ0v) is 18.3. The van der Waals surface area contributed by atoms with E-state index in [1.54, 1.807) is 35.3 Å². The lowest BCUT2D eigenvalue weighted by atomic mass is 10.1. The number of nitrogens with one attached hydrogen (secondary N) is 2. The number of esters is 1. The number of hydrogen-bond acceptors (Lipinski definition) is 7. The lowest BCUT2D eigenvalue weighted by Gasteiger charge is -2.25. The molecule has 0 unspecified atom stereocenters. The first-order chi connectivity index (χ1) is 15.6. The molecule has 2 aromatic heterocycles. The van der Waals surface area contributed by atoms with Gasteiger partial charge in [-0.2, -0.15) is 5.10 Å². The van der Waals surface area contributed by atoms with Crippen molar-refractivity contribution in [1.29, 1.82) is 0 Å². The highest BCUT2D eigenvalue weighted by molar-refractivity contribution is 6.06. The summed E-state index contributed by atoms with van der Waals surface area (Å²) in [6.07, 6.45) is 5.05. The summed E-state index contributed by atoms with van der Waals surface area (Å²) in [5, 5.41) is 11.7. The Morgan fingerprint density at radius 1 is 1.19 bits per heavy atom. The quantitative estimate of drug-likeness (QED) is 0.547. The molecule has 0 radical (unpaired) electrons. The number of aryl methyl sites for hydroxylation is 1. The molecular weight excluding hydrogens is 410 g/mol. The minimum absolute atomic E-state index is 0.188. The number of anilines is 1. The van der Waals surface area contributed by atoms with E-state index in [0.29, 0.717) is 36.4 Å². The maximum atomic E-state index is 13.2. The summed E-state index contributed by atoms with van der Waals surface area (Å²) in [4.78, 5) is 29.7. The number of pyridine rings is 1. The van der Waals surface area contributed by atoms with Crippen molar-refractivity contribution in [3.63, 3.8) is 0 Å². The van der Waals surface area contributed by atoms with Crippen LogP contribution in [0.25, 0.3) is 11.0 Å². The Morgan fingerprint density at radius 2 is 1.97 bits per heavy atom. The zero-order chi connectivity index (χ0) is 22.5. The fourth-order valence-electron chi connectivity index (χ4n) is 3.89. The van der Waals surface area contributed by atoms with E-state index < -0.39 is 5.97 Å². The van der Waals surface area contributed by atoms with Gasteiger partial charge < -0.3 is 20.1 Å². The summed E-state index contributed by atoms with van der Waals surface area (Å²) in [7, 11) is 1.34. The van der Waals surface area contributed by atoms with Crippen LogP contribution in [0.1, 0.15) is 46.0 Å². The number of carbonyl (C=O) groups excluding carboxylic acids is 2. The molecule has 4 rings (SSSR count). The molecule has 168 valence electrons. The predicted octanol–water partition coefficient (Wildman–Crippen LogP) is 2.76. The van der Waals surface area contributed by atoms with Crippen LogP contribution in [0.4, 0.5) is 5.69 Å². The highest BCUT2D eigenvalue weighted by Gasteiger charge is 2.22. The van der Waals surface area contributed by atoms with Gasteiger partial charge in [0.2, 0.25) is 0 Å². The van der Waals surface area contributed by atoms with E-state index in [1.807, 2.05) is 13.0 Å². The first-order valence-corrected chi connectivity index (χ1v) is 10.8. The summed E-state index contributed by atoms with van der Waals surface area (Å²) in [5.74, 6) is -0.718. The molecule has 2 N–H and O–H groups in total. The highest BCUT2D eigenvalue weighted by Crippen LogP contribution is 2.28. The molecule has 3 heterocycles. The summed E-state index contributed by atoms with van der Waals surface area (Å²) in [5.41, 5.74) is 3.00. The normalized spacial score (nSPS) is 14.3. The van der Waals surface area contributed by atoms with E-state index in [9.17, 15) is 9.59 Å². The molecule has 3 aromatic rings. The summed E-state index contributed by atoms with van der Waals surface area (Å²) < 4.78 is 12.1. The highest BCUT2D eigenvalue weighted by atomic mass is 16.5. The third-order valence-corrected chi connectivity index (χ3v) is 5.64. The first kappa shape index (κ1) is 21.8. The monoisotopic (exact) mass is 437 g/mol. The number of amides is 1. The second kappa shape index (κ2) is 9.78. The van der Waals surface area contributed by atoms with Crippen molar-refractivity contribution in [2.45, 2.75) is 38.9 Å². The van der Waals surface area contributed by atoms with Crippen molar-refractivity contribution < 1.29 is 19.1 Å². The number of hydrogen-bond donors (Lipinski definition) is 2. The summed E-state index contributed by atoms with van der Waals surface area (Å²) in [6, 6.07) is 7.25. The largest absolute Gasteiger partial charge is 0.465 e. The van der Waals surface area contributed by atoms with Crippen LogP contribution in [-0.4, -0.2) is 53.0 Å². The summed E-state index contributed by atoms with van der Waals surface area (Å²) in [6.45, 7) is 4.24. The average Bonchev–Trinajstić information content (AvgIpc) is 3.27. The van der Waals surface area contributed by atoms with Gasteiger partial charge in [-0.05, 0) is 31.4 Å². The Morgan fingerprint density at radius 3 is 2.72 bits per heavy atom. The fraction of sp³-hybridized carbons (Fsp3) is 0.391. The van der Waals surface area contributed by atoms with Gasteiger partial charge in [0, 0.05) is 38.5 Å². The third-order valence-electron chi connectivity index (χ3n) is 5.64. The lowest BCUT2D eigenvalue weighted by Crippen LogP contribution is -2.30. The minimum Gasteiger partial charge on any atom is -0.465 e. The second-order valence-corrected chi connectivity index (χ2v) is 7.61. The topological polar surface area (TPSA) is 107 Å². The van der Waals surface area contributed by atoms with Crippen molar-refractivity contribution in [3.05, 3.63) is 53.3 Å². The number of carbonyl (C=O) groups is 2. The third kappa shape index (κ3) is 4.43. The van der Waals surface area contributed by atoms with Crippen LogP contribution in [0.5, 0.6) is 0 Å². The molecular formula is C23H27N5O4. The van der Waals surface area contributed by atoms with Crippen LogP contribution >= 0.6 is 0 Å². The first-order valence-electron chi connectivity index (χ1n) is 10.8. The molecule has 1 saturated heterocycles. The Balaban J connectivity index is 1.62. The Labute approximate surface area is 186 Å². The molecule has 0 aliphatic carbocycles. The van der Waals surface area contributed by atoms with Crippen molar-refractivity contribution in [2.24, 2.45) is 0 Å². The van der Waals surface area contributed by atoms with E-state index in [1.165, 1.54) is 7.11 Å². The number of rotatable bonds is 7. The summed E-state index contributed by atoms with van der Waals surface area (Å²) >= 11 is 0. The molecule has 32 heavy (non-hydrogen) atoms. The van der Waals surface area contributed by atoms with Gasteiger partial charge in [-0.15, -0.1) is 0 Å². The van der Waals surface area contributed by atoms with Crippen LogP contribution in [0.2, 0.25) is 0 Å². The number of benzene rings is 1. The molecule has 1 aromatic carbocycles. The van der Waals surface area contributed by atoms with Gasteiger partial charge in [-0.1, -0.05) is 18.2 Å². The van der Waals surface area contributed by atoms with Gasteiger partial charge in [0.15, 0.2) is 5.65 Å². The van der Waals surface area contributed by atoms with Gasteiger partial charge in [-0.3, -0.25) is 4.79 Å². The Hall–Kier alpha value is -3.46. The SMILES string of the molecule is CCn1ncc2c(NC3CCOCC3)c(C(=O)NCc3ccccc3C(=O)OC)cnc21. The van der Waals surface area contributed by atoms with E-state index in [0.717, 1.165) is 29.6 Å². The van der Waals surface area contributed by atoms with E-state index in [-0.39, 0.29) is 18.5 Å². The van der Waals surface area contributed by atoms with E-state index >= 15 is 0 Å². The maximum Gasteiger partial charge on any atom is 0.338 e. The minimum atomic E-state index is -0.438. The van der Waals surface area contributed by atoms with E-state index in [4.69, 9.17) is 9.47 Å². The van der Waals surface area contributed by atoms with Gasteiger partial charge in [0.1, 0.15) is 0 Å². The van der Waals surface area contributed by atoms with Crippen LogP contribution in [0.3, 0.4) is 0 Å². The molecule has 1 aliphatic heterocycles. The molecule has 1 fully saturated rings. The number of fused-ring (bicyclic) bond motifs is 1. The number of nitrogens with zero attached hydrogens (tertiary/aromatic N) is 3. The number of methoxy groups -OCH3 is 1. The molecule has 0 atom stereocenters. The molecule has 1 aliphatic rings. The Bertz CT molecular complexity index is 1120.